The summed E-state index contributed by atoms with van der Waals surface area (Å²) in [5.41, 5.74) is 2.71. The standard InChI is InChI=1S/C22H25ClN4O2/c1-14-15(2)29-22-19(14)20(25-13-26-22)27-11-5-7-17(12-27)21(28)24-10-9-16-6-3-4-8-18(16)23/h3-4,6,8,13,17H,5,7,9-12H2,1-2H3,(H,24,28)/t17-/m1/s1. The Kier molecular flexibility index (Phi) is 5.72. The molecule has 0 radical (unpaired) electrons. The highest BCUT2D eigenvalue weighted by Gasteiger charge is 2.28. The molecule has 6 nitrogen and oxygen atoms in total. The minimum atomic E-state index is -0.0617. The van der Waals surface area contributed by atoms with Crippen LogP contribution in [-0.4, -0.2) is 35.5 Å². The molecule has 1 atom stereocenters. The van der Waals surface area contributed by atoms with Gasteiger partial charge < -0.3 is 14.6 Å². The van der Waals surface area contributed by atoms with Gasteiger partial charge in [0.1, 0.15) is 17.9 Å². The molecular formula is C22H25ClN4O2. The largest absolute Gasteiger partial charge is 0.443 e. The number of rotatable bonds is 5. The number of halogens is 1. The van der Waals surface area contributed by atoms with E-state index in [-0.39, 0.29) is 11.8 Å². The first-order valence-corrected chi connectivity index (χ1v) is 10.4. The van der Waals surface area contributed by atoms with Gasteiger partial charge in [0, 0.05) is 30.2 Å². The molecule has 1 aromatic carbocycles. The molecule has 1 amide bonds. The summed E-state index contributed by atoms with van der Waals surface area (Å²) in [5.74, 6) is 1.74. The van der Waals surface area contributed by atoms with Gasteiger partial charge in [-0.3, -0.25) is 4.79 Å². The third-order valence-corrected chi connectivity index (χ3v) is 6.06. The normalized spacial score (nSPS) is 16.9. The summed E-state index contributed by atoms with van der Waals surface area (Å²) in [5, 5.41) is 4.77. The number of hydrogen-bond acceptors (Lipinski definition) is 5. The van der Waals surface area contributed by atoms with Crippen molar-refractivity contribution in [3.8, 4) is 0 Å². The highest BCUT2D eigenvalue weighted by molar-refractivity contribution is 6.31. The number of nitrogens with one attached hydrogen (secondary N) is 1. The van der Waals surface area contributed by atoms with Crippen LogP contribution in [0.5, 0.6) is 0 Å². The van der Waals surface area contributed by atoms with Crippen LogP contribution in [0.1, 0.15) is 29.7 Å². The van der Waals surface area contributed by atoms with E-state index in [1.807, 2.05) is 38.1 Å². The number of aryl methyl sites for hydroxylation is 2. The summed E-state index contributed by atoms with van der Waals surface area (Å²) in [4.78, 5) is 23.7. The number of anilines is 1. The van der Waals surface area contributed by atoms with Gasteiger partial charge in [-0.2, -0.15) is 0 Å². The molecule has 152 valence electrons. The molecule has 7 heteroatoms. The van der Waals surface area contributed by atoms with Crippen LogP contribution in [0.15, 0.2) is 35.0 Å². The Morgan fingerprint density at radius 1 is 1.31 bits per heavy atom. The number of benzene rings is 1. The fraction of sp³-hybridized carbons (Fsp3) is 0.409. The van der Waals surface area contributed by atoms with Crippen molar-refractivity contribution in [3.05, 3.63) is 52.5 Å². The van der Waals surface area contributed by atoms with E-state index >= 15 is 0 Å². The second kappa shape index (κ2) is 8.41. The van der Waals surface area contributed by atoms with Crippen LogP contribution in [-0.2, 0) is 11.2 Å². The van der Waals surface area contributed by atoms with E-state index in [2.05, 4.69) is 20.2 Å². The quantitative estimate of drug-likeness (QED) is 0.684. The molecule has 3 heterocycles. The number of carbonyl (C=O) groups excluding carboxylic acids is 1. The topological polar surface area (TPSA) is 71.3 Å². The number of hydrogen-bond donors (Lipinski definition) is 1. The van der Waals surface area contributed by atoms with Gasteiger partial charge in [0.2, 0.25) is 11.6 Å². The second-order valence-electron chi connectivity index (χ2n) is 7.58. The fourth-order valence-corrected chi connectivity index (χ4v) is 4.18. The number of piperidine rings is 1. The average Bonchev–Trinajstić information content (AvgIpc) is 3.03. The van der Waals surface area contributed by atoms with Crippen LogP contribution in [0.3, 0.4) is 0 Å². The predicted molar refractivity (Wildman–Crippen MR) is 114 cm³/mol. The molecule has 3 aromatic rings. The lowest BCUT2D eigenvalue weighted by Crippen LogP contribution is -2.43. The minimum absolute atomic E-state index is 0.0617. The van der Waals surface area contributed by atoms with Crippen LogP contribution in [0.25, 0.3) is 11.1 Å². The maximum absolute atomic E-state index is 12.8. The summed E-state index contributed by atoms with van der Waals surface area (Å²) in [6.45, 7) is 6.06. The molecule has 1 aliphatic rings. The van der Waals surface area contributed by atoms with Crippen LogP contribution in [0.4, 0.5) is 5.82 Å². The molecular weight excluding hydrogens is 388 g/mol. The van der Waals surface area contributed by atoms with E-state index in [9.17, 15) is 4.79 Å². The Morgan fingerprint density at radius 3 is 2.97 bits per heavy atom. The maximum Gasteiger partial charge on any atom is 0.231 e. The zero-order valence-electron chi connectivity index (χ0n) is 16.7. The number of fused-ring (bicyclic) bond motifs is 1. The summed E-state index contributed by atoms with van der Waals surface area (Å²) in [6, 6.07) is 7.74. The molecule has 1 N–H and O–H groups in total. The molecule has 1 saturated heterocycles. The van der Waals surface area contributed by atoms with Crippen molar-refractivity contribution in [3.63, 3.8) is 0 Å². The minimum Gasteiger partial charge on any atom is -0.443 e. The summed E-state index contributed by atoms with van der Waals surface area (Å²) < 4.78 is 5.74. The van der Waals surface area contributed by atoms with Crippen molar-refractivity contribution in [2.45, 2.75) is 33.1 Å². The predicted octanol–water partition coefficient (Wildman–Crippen LogP) is 4.07. The first-order chi connectivity index (χ1) is 14.0. The van der Waals surface area contributed by atoms with Crippen molar-refractivity contribution in [2.75, 3.05) is 24.5 Å². The maximum atomic E-state index is 12.8. The molecule has 0 bridgehead atoms. The third-order valence-electron chi connectivity index (χ3n) is 5.69. The van der Waals surface area contributed by atoms with Gasteiger partial charge in [-0.25, -0.2) is 9.97 Å². The van der Waals surface area contributed by atoms with Crippen LogP contribution < -0.4 is 10.2 Å². The van der Waals surface area contributed by atoms with Crippen molar-refractivity contribution in [1.82, 2.24) is 15.3 Å². The lowest BCUT2D eigenvalue weighted by Gasteiger charge is -2.33. The van der Waals surface area contributed by atoms with E-state index < -0.39 is 0 Å². The van der Waals surface area contributed by atoms with Crippen molar-refractivity contribution in [2.24, 2.45) is 5.92 Å². The van der Waals surface area contributed by atoms with Crippen LogP contribution >= 0.6 is 11.6 Å². The Morgan fingerprint density at radius 2 is 2.14 bits per heavy atom. The molecule has 0 saturated carbocycles. The van der Waals surface area contributed by atoms with Crippen molar-refractivity contribution < 1.29 is 9.21 Å². The summed E-state index contributed by atoms with van der Waals surface area (Å²) in [7, 11) is 0. The van der Waals surface area contributed by atoms with E-state index in [0.717, 1.165) is 58.9 Å². The number of nitrogens with zero attached hydrogens (tertiary/aromatic N) is 3. The molecule has 0 unspecified atom stereocenters. The Balaban J connectivity index is 1.42. The molecule has 1 aliphatic heterocycles. The second-order valence-corrected chi connectivity index (χ2v) is 7.99. The lowest BCUT2D eigenvalue weighted by atomic mass is 9.96. The molecule has 4 rings (SSSR count). The highest BCUT2D eigenvalue weighted by atomic mass is 35.5. The monoisotopic (exact) mass is 412 g/mol. The molecule has 0 aliphatic carbocycles. The first-order valence-electron chi connectivity index (χ1n) is 10.0. The average molecular weight is 413 g/mol. The third kappa shape index (κ3) is 4.08. The van der Waals surface area contributed by atoms with Crippen molar-refractivity contribution in [1.29, 1.82) is 0 Å². The first kappa shape index (κ1) is 19.7. The van der Waals surface area contributed by atoms with Crippen LogP contribution in [0.2, 0.25) is 5.02 Å². The zero-order valence-corrected chi connectivity index (χ0v) is 17.5. The summed E-state index contributed by atoms with van der Waals surface area (Å²) >= 11 is 6.20. The number of carbonyl (C=O) groups is 1. The zero-order chi connectivity index (χ0) is 20.4. The Bertz CT molecular complexity index is 1030. The summed E-state index contributed by atoms with van der Waals surface area (Å²) in [6.07, 6.45) is 4.09. The van der Waals surface area contributed by atoms with E-state index in [1.165, 1.54) is 6.33 Å². The molecule has 29 heavy (non-hydrogen) atoms. The molecule has 2 aromatic heterocycles. The number of aromatic nitrogens is 2. The van der Waals surface area contributed by atoms with E-state index in [1.54, 1.807) is 0 Å². The van der Waals surface area contributed by atoms with Gasteiger partial charge in [0.05, 0.1) is 11.3 Å². The highest BCUT2D eigenvalue weighted by Crippen LogP contribution is 2.32. The molecule has 1 fully saturated rings. The smallest absolute Gasteiger partial charge is 0.231 e. The van der Waals surface area contributed by atoms with Gasteiger partial charge in [-0.05, 0) is 44.7 Å². The number of furan rings is 1. The van der Waals surface area contributed by atoms with Gasteiger partial charge in [0.25, 0.3) is 0 Å². The van der Waals surface area contributed by atoms with E-state index in [0.29, 0.717) is 18.8 Å². The van der Waals surface area contributed by atoms with Gasteiger partial charge >= 0.3 is 0 Å². The molecule has 0 spiro atoms. The van der Waals surface area contributed by atoms with Crippen LogP contribution in [0, 0.1) is 19.8 Å². The lowest BCUT2D eigenvalue weighted by molar-refractivity contribution is -0.125. The van der Waals surface area contributed by atoms with Gasteiger partial charge in [-0.15, -0.1) is 0 Å². The Hall–Kier alpha value is -2.60. The Labute approximate surface area is 175 Å². The van der Waals surface area contributed by atoms with E-state index in [4.69, 9.17) is 16.0 Å². The van der Waals surface area contributed by atoms with Gasteiger partial charge in [0.15, 0.2) is 0 Å². The number of amides is 1. The fourth-order valence-electron chi connectivity index (χ4n) is 3.95. The SMILES string of the molecule is Cc1oc2ncnc(N3CCC[C@@H](C(=O)NCCc4ccccc4Cl)C3)c2c1C. The van der Waals surface area contributed by atoms with Crippen molar-refractivity contribution >= 4 is 34.4 Å². The van der Waals surface area contributed by atoms with Gasteiger partial charge in [-0.1, -0.05) is 29.8 Å².